The van der Waals surface area contributed by atoms with Gasteiger partial charge >= 0.3 is 6.09 Å². The van der Waals surface area contributed by atoms with Gasteiger partial charge < -0.3 is 44.3 Å². The number of methoxy groups -OCH3 is 3. The predicted molar refractivity (Wildman–Crippen MR) is 321 cm³/mol. The number of fused-ring (bicyclic) bond motifs is 3. The van der Waals surface area contributed by atoms with Gasteiger partial charge in [0.1, 0.15) is 11.9 Å². The van der Waals surface area contributed by atoms with Crippen molar-refractivity contribution in [2.75, 3.05) is 81.4 Å². The van der Waals surface area contributed by atoms with Gasteiger partial charge in [0.25, 0.3) is 0 Å². The van der Waals surface area contributed by atoms with E-state index in [-0.39, 0.29) is 35.9 Å². The van der Waals surface area contributed by atoms with Crippen molar-refractivity contribution < 1.29 is 38.4 Å². The Morgan fingerprint density at radius 1 is 0.852 bits per heavy atom. The third-order valence-corrected chi connectivity index (χ3v) is 17.2. The first-order valence-corrected chi connectivity index (χ1v) is 29.0. The number of nitrogens with two attached hydrogens (primary N) is 1. The molecule has 0 spiro atoms. The molecule has 430 valence electrons. The number of likely N-dealkylation sites (N-methyl/N-ethyl adjacent to an activating group) is 1. The maximum atomic E-state index is 12.9. The topological polar surface area (TPSA) is 152 Å². The average molecular weight is 1100 g/mol. The number of piperidine rings is 1. The van der Waals surface area contributed by atoms with E-state index < -0.39 is 6.10 Å². The number of aliphatic hydroxyl groups excluding tert-OH is 1. The van der Waals surface area contributed by atoms with Crippen LogP contribution in [0.25, 0.3) is 10.9 Å². The smallest absolute Gasteiger partial charge is 0.414 e. The number of ether oxygens (including phenoxy) is 5. The number of carbonyl (C=O) groups is 2. The first-order chi connectivity index (χ1) is 39.2. The van der Waals surface area contributed by atoms with Crippen LogP contribution >= 0.6 is 0 Å². The average Bonchev–Trinajstić information content (AvgIpc) is 3.50. The standard InChI is InChI=1S/C24H29NO3.C16H19NO3.C14H22N2O2.C13H14N2/c1-27-22-14-19-13-20(24(26)21(19)15-23(22)28-2)12-17-8-10-25(11-9-17)16-18-6-4-3-5-7-18;1-17-7-9-3-4-12(19-2)16-15(9)14-10(8-17)5-11(18)6-13(14)20-16;1-6-16(5)14(17)18-13-9-7-8-12(10-13)11(2)15(3)4;14-13-9-5-1-3-7-11(9)15-12-8-4-2-6-10(12)13/h3-7,14-15,17,20H,8-13,16H2,1-2H3;3-5,11,13-14,18H,6-8H2,1-2H3;7-11H,6H2,1-5H3;1,3,5,7H,2,4,6,8H2,(H2,14,15)/t;11-,13-,14-;11-;/m.00./s1. The summed E-state index contributed by atoms with van der Waals surface area (Å²) in [4.78, 5) is 37.8. The molecule has 6 aromatic rings. The number of para-hydroxylation sites is 1. The third kappa shape index (κ3) is 13.7. The van der Waals surface area contributed by atoms with Crippen LogP contribution in [0.2, 0.25) is 0 Å². The Morgan fingerprint density at radius 3 is 2.30 bits per heavy atom. The minimum atomic E-state index is -0.401. The largest absolute Gasteiger partial charge is 0.493 e. The monoisotopic (exact) mass is 1100 g/mol. The van der Waals surface area contributed by atoms with Gasteiger partial charge in [-0.05, 0) is 175 Å². The van der Waals surface area contributed by atoms with Crippen LogP contribution in [0, 0.1) is 11.8 Å². The summed E-state index contributed by atoms with van der Waals surface area (Å²) in [6.45, 7) is 9.72. The summed E-state index contributed by atoms with van der Waals surface area (Å²) < 4.78 is 27.7. The number of ketones is 1. The number of nitrogens with zero attached hydrogens (tertiary/aromatic N) is 5. The highest BCUT2D eigenvalue weighted by atomic mass is 16.6. The first-order valence-electron chi connectivity index (χ1n) is 29.0. The second-order valence-electron chi connectivity index (χ2n) is 22.9. The molecule has 5 aromatic carbocycles. The third-order valence-electron chi connectivity index (χ3n) is 17.2. The summed E-state index contributed by atoms with van der Waals surface area (Å²) in [7, 11) is 12.8. The molecule has 1 aromatic heterocycles. The number of rotatable bonds is 11. The highest BCUT2D eigenvalue weighted by molar-refractivity contribution is 6.03. The molecule has 0 bridgehead atoms. The van der Waals surface area contributed by atoms with Gasteiger partial charge in [-0.1, -0.05) is 72.8 Å². The number of hydrogen-bond donors (Lipinski definition) is 2. The lowest BCUT2D eigenvalue weighted by Gasteiger charge is -2.32. The number of hydrogen-bond acceptors (Lipinski definition) is 13. The number of pyridine rings is 1. The number of anilines is 1. The molecule has 5 atom stereocenters. The van der Waals surface area contributed by atoms with Crippen molar-refractivity contribution in [3.05, 3.63) is 159 Å². The van der Waals surface area contributed by atoms with Crippen LogP contribution in [0.3, 0.4) is 0 Å². The van der Waals surface area contributed by atoms with Crippen molar-refractivity contribution in [3.8, 4) is 28.7 Å². The van der Waals surface area contributed by atoms with Gasteiger partial charge in [0.2, 0.25) is 0 Å². The van der Waals surface area contributed by atoms with E-state index in [1.807, 2.05) is 81.7 Å². The Labute approximate surface area is 479 Å². The molecule has 3 aliphatic carbocycles. The molecule has 14 heteroatoms. The van der Waals surface area contributed by atoms with Crippen molar-refractivity contribution in [3.63, 3.8) is 0 Å². The molecule has 0 saturated carbocycles. The molecule has 14 nitrogen and oxygen atoms in total. The number of amides is 1. The van der Waals surface area contributed by atoms with E-state index in [1.54, 1.807) is 34.4 Å². The quantitative estimate of drug-likeness (QED) is 0.119. The minimum Gasteiger partial charge on any atom is -0.493 e. The van der Waals surface area contributed by atoms with Crippen molar-refractivity contribution in [1.82, 2.24) is 24.6 Å². The minimum absolute atomic E-state index is 0.0431. The lowest BCUT2D eigenvalue weighted by Crippen LogP contribution is -2.34. The van der Waals surface area contributed by atoms with Gasteiger partial charge in [-0.3, -0.25) is 19.6 Å². The number of Topliss-reactive ketones (excluding diaryl/α,β-unsaturated/α-hetero) is 1. The lowest BCUT2D eigenvalue weighted by atomic mass is 9.80. The van der Waals surface area contributed by atoms with Gasteiger partial charge in [-0.2, -0.15) is 0 Å². The van der Waals surface area contributed by atoms with Gasteiger partial charge in [0, 0.05) is 85.4 Å². The van der Waals surface area contributed by atoms with Crippen LogP contribution in [0.5, 0.6) is 28.7 Å². The Bertz CT molecular complexity index is 3170. The van der Waals surface area contributed by atoms with E-state index in [0.717, 1.165) is 103 Å². The molecule has 12 rings (SSSR count). The molecule has 1 unspecified atom stereocenters. The SMILES string of the molecule is CCN(C)C(=O)Oc1cccc([C@H](C)N(C)C)c1.COc1cc2c(cc1OC)C(=O)C(CC1CCN(Cc3ccccc3)CC1)C2.COc1ccc2c3c1O[C@H]1C[C@@H](O)C=C(CN(C)C2)[C@H]31.Nc1c2c(nc3ccccc13)CCCC2. The highest BCUT2D eigenvalue weighted by Gasteiger charge is 2.45. The molecular weight excluding hydrogens is 1020 g/mol. The second-order valence-corrected chi connectivity index (χ2v) is 22.9. The van der Waals surface area contributed by atoms with E-state index in [4.69, 9.17) is 34.4 Å². The summed E-state index contributed by atoms with van der Waals surface area (Å²) in [5, 5.41) is 11.2. The fourth-order valence-corrected chi connectivity index (χ4v) is 12.4. The van der Waals surface area contributed by atoms with Gasteiger partial charge in [0.15, 0.2) is 28.8 Å². The molecule has 4 heterocycles. The van der Waals surface area contributed by atoms with Gasteiger partial charge in [-0.25, -0.2) is 4.79 Å². The van der Waals surface area contributed by atoms with Gasteiger partial charge in [-0.15, -0.1) is 0 Å². The van der Waals surface area contributed by atoms with E-state index in [0.29, 0.717) is 36.1 Å². The zero-order valence-electron chi connectivity index (χ0n) is 49.1. The molecule has 1 amide bonds. The molecule has 81 heavy (non-hydrogen) atoms. The molecule has 1 saturated heterocycles. The molecular formula is C67H84N6O8. The number of benzene rings is 5. The van der Waals surface area contributed by atoms with Crippen LogP contribution in [0.1, 0.15) is 114 Å². The number of carbonyl (C=O) groups excluding carboxylic acids is 2. The van der Waals surface area contributed by atoms with E-state index in [1.165, 1.54) is 64.1 Å². The number of aryl methyl sites for hydroxylation is 1. The molecule has 0 radical (unpaired) electrons. The van der Waals surface area contributed by atoms with Crippen molar-refractivity contribution in [2.24, 2.45) is 11.8 Å². The lowest BCUT2D eigenvalue weighted by molar-refractivity contribution is 0.0895. The summed E-state index contributed by atoms with van der Waals surface area (Å²) in [5.41, 5.74) is 19.0. The summed E-state index contributed by atoms with van der Waals surface area (Å²) in [6.07, 6.45) is 10.9. The fourth-order valence-electron chi connectivity index (χ4n) is 12.4. The van der Waals surface area contributed by atoms with E-state index in [9.17, 15) is 14.7 Å². The summed E-state index contributed by atoms with van der Waals surface area (Å²) in [6, 6.07) is 34.7. The van der Waals surface area contributed by atoms with Crippen LogP contribution in [0.4, 0.5) is 10.5 Å². The number of aromatic nitrogens is 1. The van der Waals surface area contributed by atoms with Crippen LogP contribution in [-0.4, -0.2) is 129 Å². The summed E-state index contributed by atoms with van der Waals surface area (Å²) in [5.74, 6) is 4.94. The zero-order valence-corrected chi connectivity index (χ0v) is 49.1. The Kier molecular flexibility index (Phi) is 19.4. The number of aliphatic hydroxyl groups is 1. The first kappa shape index (κ1) is 58.7. The number of likely N-dealkylation sites (tertiary alicyclic amines) is 1. The van der Waals surface area contributed by atoms with Crippen molar-refractivity contribution >= 4 is 28.5 Å². The Morgan fingerprint density at radius 2 is 1.57 bits per heavy atom. The number of nitrogen functional groups attached to an aromatic ring is 1. The maximum Gasteiger partial charge on any atom is 0.414 e. The van der Waals surface area contributed by atoms with Crippen LogP contribution in [0.15, 0.2) is 115 Å². The second kappa shape index (κ2) is 26.7. The molecule has 1 fully saturated rings. The molecule has 3 N–H and O–H groups in total. The van der Waals surface area contributed by atoms with Crippen molar-refractivity contribution in [2.45, 2.75) is 109 Å². The fraction of sp³-hybridized carbons (Fsp3) is 0.448. The highest BCUT2D eigenvalue weighted by Crippen LogP contribution is 2.53. The summed E-state index contributed by atoms with van der Waals surface area (Å²) >= 11 is 0. The molecule has 6 aliphatic rings. The Hall–Kier alpha value is -6.97. The van der Waals surface area contributed by atoms with Crippen LogP contribution in [-0.2, 0) is 32.4 Å². The van der Waals surface area contributed by atoms with E-state index >= 15 is 0 Å². The normalized spacial score (nSPS) is 20.2. The van der Waals surface area contributed by atoms with Crippen molar-refractivity contribution in [1.29, 1.82) is 0 Å². The van der Waals surface area contributed by atoms with Gasteiger partial charge in [0.05, 0.1) is 33.0 Å². The van der Waals surface area contributed by atoms with E-state index in [2.05, 4.69) is 71.1 Å². The van der Waals surface area contributed by atoms with Crippen LogP contribution < -0.4 is 29.4 Å². The maximum absolute atomic E-state index is 12.9. The predicted octanol–water partition coefficient (Wildman–Crippen LogP) is 11.5. The zero-order chi connectivity index (χ0) is 57.3. The molecule has 3 aliphatic heterocycles. The Balaban J connectivity index is 0.000000134.